The Labute approximate surface area is 74.0 Å². The molecule has 0 saturated carbocycles. The van der Waals surface area contributed by atoms with Crippen molar-refractivity contribution in [3.8, 4) is 0 Å². The van der Waals surface area contributed by atoms with Crippen LogP contribution < -0.4 is 0 Å². The summed E-state index contributed by atoms with van der Waals surface area (Å²) in [5, 5.41) is 11.6. The Morgan fingerprint density at radius 3 is 2.75 bits per heavy atom. The van der Waals surface area contributed by atoms with Crippen LogP contribution in [0.5, 0.6) is 0 Å². The molecule has 0 aromatic carbocycles. The summed E-state index contributed by atoms with van der Waals surface area (Å²) >= 11 is 0. The van der Waals surface area contributed by atoms with Gasteiger partial charge in [0.15, 0.2) is 0 Å². The lowest BCUT2D eigenvalue weighted by molar-refractivity contribution is 0.303. The first-order chi connectivity index (χ1) is 5.65. The molecule has 1 aliphatic rings. The molecule has 0 radical (unpaired) electrons. The maximum atomic E-state index is 8.47. The van der Waals surface area contributed by atoms with Crippen molar-refractivity contribution in [3.63, 3.8) is 0 Å². The van der Waals surface area contributed by atoms with Gasteiger partial charge >= 0.3 is 0 Å². The Morgan fingerprint density at radius 1 is 1.58 bits per heavy atom. The molecule has 0 bridgehead atoms. The molecular formula is C10H17NO. The van der Waals surface area contributed by atoms with Crippen molar-refractivity contribution in [2.45, 2.75) is 27.2 Å². The molecule has 2 heteroatoms. The van der Waals surface area contributed by atoms with Gasteiger partial charge in [-0.3, -0.25) is 0 Å². The summed E-state index contributed by atoms with van der Waals surface area (Å²) in [5.41, 5.74) is 1.46. The molecule has 0 heterocycles. The Morgan fingerprint density at radius 2 is 2.25 bits per heavy atom. The van der Waals surface area contributed by atoms with Gasteiger partial charge in [0, 0.05) is 12.1 Å². The molecule has 0 fully saturated rings. The number of rotatable bonds is 1. The summed E-state index contributed by atoms with van der Waals surface area (Å²) in [6.07, 6.45) is 5.06. The second-order valence-corrected chi connectivity index (χ2v) is 3.90. The smallest absolute Gasteiger partial charge is 0.0475 e. The SMILES string of the molecule is CC1=C[C@@H](C)[C@H](/C=N\O)[C@H](C)C1. The highest BCUT2D eigenvalue weighted by molar-refractivity contribution is 5.61. The molecule has 68 valence electrons. The van der Waals surface area contributed by atoms with Crippen molar-refractivity contribution in [3.05, 3.63) is 11.6 Å². The van der Waals surface area contributed by atoms with Crippen molar-refractivity contribution in [1.82, 2.24) is 0 Å². The van der Waals surface area contributed by atoms with Gasteiger partial charge in [-0.2, -0.15) is 0 Å². The summed E-state index contributed by atoms with van der Waals surface area (Å²) < 4.78 is 0. The van der Waals surface area contributed by atoms with Gasteiger partial charge in [-0.15, -0.1) is 5.16 Å². The Kier molecular flexibility index (Phi) is 2.90. The van der Waals surface area contributed by atoms with Crippen molar-refractivity contribution in [1.29, 1.82) is 0 Å². The van der Waals surface area contributed by atoms with E-state index in [1.807, 2.05) is 0 Å². The Bertz CT molecular complexity index is 208. The molecule has 1 rings (SSSR count). The molecule has 0 amide bonds. The molecular weight excluding hydrogens is 150 g/mol. The van der Waals surface area contributed by atoms with Crippen molar-refractivity contribution in [2.75, 3.05) is 0 Å². The second kappa shape index (κ2) is 3.74. The molecule has 0 spiro atoms. The zero-order chi connectivity index (χ0) is 9.14. The first-order valence-corrected chi connectivity index (χ1v) is 4.50. The third-order valence-electron chi connectivity index (χ3n) is 2.69. The van der Waals surface area contributed by atoms with E-state index < -0.39 is 0 Å². The van der Waals surface area contributed by atoms with E-state index in [2.05, 4.69) is 32.0 Å². The van der Waals surface area contributed by atoms with E-state index in [9.17, 15) is 0 Å². The van der Waals surface area contributed by atoms with Crippen LogP contribution in [0.1, 0.15) is 27.2 Å². The van der Waals surface area contributed by atoms with Gasteiger partial charge < -0.3 is 5.21 Å². The maximum Gasteiger partial charge on any atom is 0.0475 e. The molecule has 0 saturated heterocycles. The van der Waals surface area contributed by atoms with Crippen LogP contribution in [-0.2, 0) is 0 Å². The summed E-state index contributed by atoms with van der Waals surface area (Å²) in [4.78, 5) is 0. The van der Waals surface area contributed by atoms with Gasteiger partial charge in [0.05, 0.1) is 0 Å². The standard InChI is InChI=1S/C10H17NO/c1-7-4-8(2)10(6-11-12)9(3)5-7/h4,6,8-10,12H,5H2,1-3H3/b11-6-/t8-,9-,10+/m1/s1. The summed E-state index contributed by atoms with van der Waals surface area (Å²) in [5.74, 6) is 1.50. The summed E-state index contributed by atoms with van der Waals surface area (Å²) in [7, 11) is 0. The van der Waals surface area contributed by atoms with Gasteiger partial charge in [0.1, 0.15) is 0 Å². The maximum absolute atomic E-state index is 8.47. The van der Waals surface area contributed by atoms with Crippen LogP contribution in [0.15, 0.2) is 16.8 Å². The lowest BCUT2D eigenvalue weighted by atomic mass is 9.76. The number of allylic oxidation sites excluding steroid dienone is 2. The van der Waals surface area contributed by atoms with Crippen molar-refractivity contribution >= 4 is 6.21 Å². The van der Waals surface area contributed by atoms with Gasteiger partial charge in [-0.25, -0.2) is 0 Å². The molecule has 0 aromatic heterocycles. The Balaban J connectivity index is 2.75. The predicted octanol–water partition coefficient (Wildman–Crippen LogP) is 2.68. The molecule has 0 aliphatic heterocycles. The largest absolute Gasteiger partial charge is 0.411 e. The summed E-state index contributed by atoms with van der Waals surface area (Å²) in [6, 6.07) is 0. The van der Waals surface area contributed by atoms with Gasteiger partial charge in [0.25, 0.3) is 0 Å². The zero-order valence-electron chi connectivity index (χ0n) is 7.99. The van der Waals surface area contributed by atoms with Crippen LogP contribution in [0.2, 0.25) is 0 Å². The highest BCUT2D eigenvalue weighted by atomic mass is 16.4. The molecule has 0 aromatic rings. The van der Waals surface area contributed by atoms with E-state index in [4.69, 9.17) is 5.21 Å². The molecule has 12 heavy (non-hydrogen) atoms. The van der Waals surface area contributed by atoms with E-state index in [0.717, 1.165) is 6.42 Å². The average Bonchev–Trinajstić information content (AvgIpc) is 1.96. The lowest BCUT2D eigenvalue weighted by Crippen LogP contribution is -2.24. The van der Waals surface area contributed by atoms with Crippen LogP contribution in [0.3, 0.4) is 0 Å². The highest BCUT2D eigenvalue weighted by Crippen LogP contribution is 2.31. The molecule has 0 unspecified atom stereocenters. The van der Waals surface area contributed by atoms with E-state index in [-0.39, 0.29) is 0 Å². The monoisotopic (exact) mass is 167 g/mol. The van der Waals surface area contributed by atoms with Crippen LogP contribution in [0.4, 0.5) is 0 Å². The van der Waals surface area contributed by atoms with Gasteiger partial charge in [-0.1, -0.05) is 25.5 Å². The molecule has 1 aliphatic carbocycles. The summed E-state index contributed by atoms with van der Waals surface area (Å²) in [6.45, 7) is 6.55. The van der Waals surface area contributed by atoms with Gasteiger partial charge in [-0.05, 0) is 25.2 Å². The van der Waals surface area contributed by atoms with E-state index >= 15 is 0 Å². The Hall–Kier alpha value is -0.790. The third-order valence-corrected chi connectivity index (χ3v) is 2.69. The molecule has 2 nitrogen and oxygen atoms in total. The fourth-order valence-corrected chi connectivity index (χ4v) is 2.15. The average molecular weight is 167 g/mol. The first kappa shape index (κ1) is 9.30. The van der Waals surface area contributed by atoms with Crippen LogP contribution in [0, 0.1) is 17.8 Å². The van der Waals surface area contributed by atoms with E-state index in [1.54, 1.807) is 6.21 Å². The van der Waals surface area contributed by atoms with Crippen LogP contribution >= 0.6 is 0 Å². The topological polar surface area (TPSA) is 32.6 Å². The van der Waals surface area contributed by atoms with Crippen molar-refractivity contribution < 1.29 is 5.21 Å². The highest BCUT2D eigenvalue weighted by Gasteiger charge is 2.25. The van der Waals surface area contributed by atoms with Crippen LogP contribution in [-0.4, -0.2) is 11.4 Å². The lowest BCUT2D eigenvalue weighted by Gasteiger charge is -2.29. The quantitative estimate of drug-likeness (QED) is 0.277. The number of nitrogens with zero attached hydrogens (tertiary/aromatic N) is 1. The van der Waals surface area contributed by atoms with Crippen molar-refractivity contribution in [2.24, 2.45) is 22.9 Å². The predicted molar refractivity (Wildman–Crippen MR) is 50.5 cm³/mol. The number of hydrogen-bond acceptors (Lipinski definition) is 2. The fraction of sp³-hybridized carbons (Fsp3) is 0.700. The molecule has 1 N–H and O–H groups in total. The minimum atomic E-state index is 0.402. The second-order valence-electron chi connectivity index (χ2n) is 3.90. The normalized spacial score (nSPS) is 36.9. The fourth-order valence-electron chi connectivity index (χ4n) is 2.15. The minimum Gasteiger partial charge on any atom is -0.411 e. The number of hydrogen-bond donors (Lipinski definition) is 1. The zero-order valence-corrected chi connectivity index (χ0v) is 7.99. The third kappa shape index (κ3) is 1.87. The van der Waals surface area contributed by atoms with Gasteiger partial charge in [0.2, 0.25) is 0 Å². The van der Waals surface area contributed by atoms with E-state index in [1.165, 1.54) is 5.57 Å². The minimum absolute atomic E-state index is 0.402. The van der Waals surface area contributed by atoms with E-state index in [0.29, 0.717) is 17.8 Å². The number of oxime groups is 1. The van der Waals surface area contributed by atoms with Crippen LogP contribution in [0.25, 0.3) is 0 Å². The molecule has 3 atom stereocenters. The first-order valence-electron chi connectivity index (χ1n) is 4.50.